The Hall–Kier alpha value is -3.26. The van der Waals surface area contributed by atoms with Crippen molar-refractivity contribution in [3.8, 4) is 17.2 Å². The molecule has 0 unspecified atom stereocenters. The molecule has 32 heavy (non-hydrogen) atoms. The van der Waals surface area contributed by atoms with Crippen LogP contribution in [-0.4, -0.2) is 52.3 Å². The molecule has 1 atom stereocenters. The first kappa shape index (κ1) is 25.0. The Labute approximate surface area is 189 Å². The summed E-state index contributed by atoms with van der Waals surface area (Å²) in [6.45, 7) is 4.86. The molecular formula is C24H32N2O6. The lowest BCUT2D eigenvalue weighted by Crippen LogP contribution is -2.50. The van der Waals surface area contributed by atoms with Crippen LogP contribution in [0.3, 0.4) is 0 Å². The first-order valence-corrected chi connectivity index (χ1v) is 10.4. The van der Waals surface area contributed by atoms with Crippen LogP contribution in [0.1, 0.15) is 29.8 Å². The lowest BCUT2D eigenvalue weighted by atomic mass is 10.0. The maximum Gasteiger partial charge on any atom is 0.252 e. The average molecular weight is 445 g/mol. The Balaban J connectivity index is 1.85. The molecule has 0 heterocycles. The van der Waals surface area contributed by atoms with E-state index in [9.17, 15) is 9.59 Å². The minimum Gasteiger partial charge on any atom is -0.497 e. The van der Waals surface area contributed by atoms with Crippen molar-refractivity contribution < 1.29 is 28.5 Å². The lowest BCUT2D eigenvalue weighted by molar-refractivity contribution is -0.124. The minimum absolute atomic E-state index is 0.105. The SMILES string of the molecule is COc1ccc(COCCNC(=O)[C@H](NC(=O)c2cc(OC)cc(OC)c2)C(C)C)cc1. The second-order valence-electron chi connectivity index (χ2n) is 7.49. The van der Waals surface area contributed by atoms with E-state index in [4.69, 9.17) is 18.9 Å². The average Bonchev–Trinajstić information content (AvgIpc) is 2.81. The molecule has 0 aliphatic heterocycles. The van der Waals surface area contributed by atoms with Crippen molar-refractivity contribution in [2.24, 2.45) is 5.92 Å². The third-order valence-corrected chi connectivity index (χ3v) is 4.82. The van der Waals surface area contributed by atoms with E-state index in [1.165, 1.54) is 14.2 Å². The Bertz CT molecular complexity index is 860. The van der Waals surface area contributed by atoms with Gasteiger partial charge in [-0.2, -0.15) is 0 Å². The standard InChI is InChI=1S/C24H32N2O6/c1-16(2)22(26-23(27)18-12-20(30-4)14-21(13-18)31-5)24(28)25-10-11-32-15-17-6-8-19(29-3)9-7-17/h6-9,12-14,16,22H,10-11,15H2,1-5H3,(H,25,28)(H,26,27)/t22-/m1/s1. The van der Waals surface area contributed by atoms with Crippen LogP contribution in [0.4, 0.5) is 0 Å². The predicted octanol–water partition coefficient (Wildman–Crippen LogP) is 2.80. The molecule has 0 radical (unpaired) electrons. The second-order valence-corrected chi connectivity index (χ2v) is 7.49. The highest BCUT2D eigenvalue weighted by atomic mass is 16.5. The van der Waals surface area contributed by atoms with Crippen molar-refractivity contribution in [2.45, 2.75) is 26.5 Å². The molecule has 0 bridgehead atoms. The van der Waals surface area contributed by atoms with Crippen LogP contribution in [-0.2, 0) is 16.1 Å². The Kier molecular flexibility index (Phi) is 9.81. The number of carbonyl (C=O) groups excluding carboxylic acids is 2. The monoisotopic (exact) mass is 444 g/mol. The van der Waals surface area contributed by atoms with E-state index in [1.54, 1.807) is 25.3 Å². The number of carbonyl (C=O) groups is 2. The van der Waals surface area contributed by atoms with E-state index < -0.39 is 6.04 Å². The van der Waals surface area contributed by atoms with Gasteiger partial charge in [0.1, 0.15) is 23.3 Å². The summed E-state index contributed by atoms with van der Waals surface area (Å²) in [5.41, 5.74) is 1.36. The van der Waals surface area contributed by atoms with Crippen LogP contribution in [0, 0.1) is 5.92 Å². The summed E-state index contributed by atoms with van der Waals surface area (Å²) < 4.78 is 21.2. The fourth-order valence-corrected chi connectivity index (χ4v) is 2.97. The summed E-state index contributed by atoms with van der Waals surface area (Å²) in [5.74, 6) is 1.02. The molecule has 0 aliphatic carbocycles. The minimum atomic E-state index is -0.693. The molecule has 0 spiro atoms. The van der Waals surface area contributed by atoms with Crippen molar-refractivity contribution >= 4 is 11.8 Å². The molecular weight excluding hydrogens is 412 g/mol. The van der Waals surface area contributed by atoms with Gasteiger partial charge in [-0.15, -0.1) is 0 Å². The van der Waals surface area contributed by atoms with E-state index in [1.807, 2.05) is 38.1 Å². The third kappa shape index (κ3) is 7.46. The molecule has 2 aromatic carbocycles. The molecule has 0 fully saturated rings. The highest BCUT2D eigenvalue weighted by Gasteiger charge is 2.25. The highest BCUT2D eigenvalue weighted by molar-refractivity contribution is 5.98. The van der Waals surface area contributed by atoms with E-state index in [0.717, 1.165) is 11.3 Å². The van der Waals surface area contributed by atoms with Crippen LogP contribution < -0.4 is 24.8 Å². The first-order valence-electron chi connectivity index (χ1n) is 10.4. The van der Waals surface area contributed by atoms with Crippen molar-refractivity contribution in [3.05, 3.63) is 53.6 Å². The van der Waals surface area contributed by atoms with Gasteiger partial charge in [0.2, 0.25) is 5.91 Å². The predicted molar refractivity (Wildman–Crippen MR) is 121 cm³/mol. The van der Waals surface area contributed by atoms with Crippen LogP contribution in [0.2, 0.25) is 0 Å². The number of hydrogen-bond donors (Lipinski definition) is 2. The zero-order valence-electron chi connectivity index (χ0n) is 19.3. The van der Waals surface area contributed by atoms with Crippen molar-refractivity contribution in [2.75, 3.05) is 34.5 Å². The second kappa shape index (κ2) is 12.6. The summed E-state index contributed by atoms with van der Waals surface area (Å²) in [5, 5.41) is 5.62. The molecule has 2 rings (SSSR count). The van der Waals surface area contributed by atoms with Gasteiger partial charge in [-0.05, 0) is 35.7 Å². The van der Waals surface area contributed by atoms with Gasteiger partial charge in [0.05, 0.1) is 34.5 Å². The summed E-state index contributed by atoms with van der Waals surface area (Å²) in [6, 6.07) is 11.8. The molecule has 0 saturated carbocycles. The maximum atomic E-state index is 12.7. The zero-order chi connectivity index (χ0) is 23.5. The van der Waals surface area contributed by atoms with Gasteiger partial charge < -0.3 is 29.6 Å². The number of benzene rings is 2. The fourth-order valence-electron chi connectivity index (χ4n) is 2.97. The zero-order valence-corrected chi connectivity index (χ0v) is 19.3. The molecule has 0 aliphatic rings. The number of rotatable bonds is 12. The van der Waals surface area contributed by atoms with Crippen molar-refractivity contribution in [1.82, 2.24) is 10.6 Å². The molecule has 2 N–H and O–H groups in total. The quantitative estimate of drug-likeness (QED) is 0.489. The largest absolute Gasteiger partial charge is 0.497 e. The molecule has 174 valence electrons. The molecule has 8 nitrogen and oxygen atoms in total. The van der Waals surface area contributed by atoms with Gasteiger partial charge in [0.25, 0.3) is 5.91 Å². The smallest absolute Gasteiger partial charge is 0.252 e. The molecule has 2 aromatic rings. The summed E-state index contributed by atoms with van der Waals surface area (Å²) >= 11 is 0. The van der Waals surface area contributed by atoms with Crippen LogP contribution in [0.5, 0.6) is 17.2 Å². The van der Waals surface area contributed by atoms with Crippen molar-refractivity contribution in [3.63, 3.8) is 0 Å². The molecule has 8 heteroatoms. The molecule has 2 amide bonds. The van der Waals surface area contributed by atoms with E-state index in [0.29, 0.717) is 36.8 Å². The van der Waals surface area contributed by atoms with Crippen LogP contribution in [0.15, 0.2) is 42.5 Å². The Morgan fingerprint density at radius 3 is 2.00 bits per heavy atom. The lowest BCUT2D eigenvalue weighted by Gasteiger charge is -2.22. The molecule has 0 saturated heterocycles. The number of methoxy groups -OCH3 is 3. The van der Waals surface area contributed by atoms with Gasteiger partial charge >= 0.3 is 0 Å². The van der Waals surface area contributed by atoms with Gasteiger partial charge in [-0.1, -0.05) is 26.0 Å². The number of nitrogens with one attached hydrogen (secondary N) is 2. The van der Waals surface area contributed by atoms with Gasteiger partial charge in [-0.3, -0.25) is 9.59 Å². The Morgan fingerprint density at radius 2 is 1.47 bits per heavy atom. The van der Waals surface area contributed by atoms with Gasteiger partial charge in [0.15, 0.2) is 0 Å². The van der Waals surface area contributed by atoms with E-state index in [2.05, 4.69) is 10.6 Å². The summed E-state index contributed by atoms with van der Waals surface area (Å²) in [6.07, 6.45) is 0. The first-order chi connectivity index (χ1) is 15.4. The Morgan fingerprint density at radius 1 is 0.875 bits per heavy atom. The number of hydrogen-bond acceptors (Lipinski definition) is 6. The number of ether oxygens (including phenoxy) is 4. The summed E-state index contributed by atoms with van der Waals surface area (Å²) in [4.78, 5) is 25.4. The maximum absolute atomic E-state index is 12.7. The van der Waals surface area contributed by atoms with E-state index >= 15 is 0 Å². The topological polar surface area (TPSA) is 95.1 Å². The summed E-state index contributed by atoms with van der Waals surface area (Å²) in [7, 11) is 4.64. The van der Waals surface area contributed by atoms with Crippen LogP contribution >= 0.6 is 0 Å². The van der Waals surface area contributed by atoms with Crippen LogP contribution in [0.25, 0.3) is 0 Å². The van der Waals surface area contributed by atoms with Crippen molar-refractivity contribution in [1.29, 1.82) is 0 Å². The van der Waals surface area contributed by atoms with E-state index in [-0.39, 0.29) is 17.7 Å². The molecule has 0 aromatic heterocycles. The highest BCUT2D eigenvalue weighted by Crippen LogP contribution is 2.22. The fraction of sp³-hybridized carbons (Fsp3) is 0.417. The normalized spacial score (nSPS) is 11.6. The van der Waals surface area contributed by atoms with Gasteiger partial charge in [0, 0.05) is 18.2 Å². The number of amides is 2. The third-order valence-electron chi connectivity index (χ3n) is 4.82. The van der Waals surface area contributed by atoms with Gasteiger partial charge in [-0.25, -0.2) is 0 Å².